The highest BCUT2D eigenvalue weighted by Gasteiger charge is 2.21. The van der Waals surface area contributed by atoms with Gasteiger partial charge in [0.05, 0.1) is 6.61 Å². The fourth-order valence-electron chi connectivity index (χ4n) is 2.01. The second kappa shape index (κ2) is 6.70. The van der Waals surface area contributed by atoms with Crippen molar-refractivity contribution in [2.45, 2.75) is 38.8 Å². The number of nitrogens with zero attached hydrogens (tertiary/aromatic N) is 1. The smallest absolute Gasteiger partial charge is 0.314 e. The van der Waals surface area contributed by atoms with Crippen LogP contribution in [-0.2, 0) is 4.74 Å². The van der Waals surface area contributed by atoms with E-state index in [1.54, 1.807) is 4.90 Å². The Bertz CT molecular complexity index is 215. The molecule has 2 amide bonds. The second-order valence-corrected chi connectivity index (χ2v) is 4.33. The molecule has 1 atom stereocenters. The predicted molar refractivity (Wildman–Crippen MR) is 63.3 cm³/mol. The van der Waals surface area contributed by atoms with Crippen LogP contribution >= 0.6 is 0 Å². The Labute approximate surface area is 97.3 Å². The van der Waals surface area contributed by atoms with Crippen molar-refractivity contribution < 1.29 is 9.53 Å². The Morgan fingerprint density at radius 2 is 2.19 bits per heavy atom. The summed E-state index contributed by atoms with van der Waals surface area (Å²) in [6.07, 6.45) is 1.94. The number of likely N-dealkylation sites (tertiary alicyclic amines) is 1. The summed E-state index contributed by atoms with van der Waals surface area (Å²) in [6, 6.07) is 0.539. The molecule has 0 aliphatic carbocycles. The Morgan fingerprint density at radius 3 is 2.69 bits per heavy atom. The van der Waals surface area contributed by atoms with Gasteiger partial charge < -0.3 is 20.7 Å². The second-order valence-electron chi connectivity index (χ2n) is 4.33. The fourth-order valence-corrected chi connectivity index (χ4v) is 2.01. The normalized spacial score (nSPS) is 19.8. The maximum absolute atomic E-state index is 10.9. The van der Waals surface area contributed by atoms with Gasteiger partial charge in [0.1, 0.15) is 0 Å². The number of ether oxygens (including phenoxy) is 1. The SMILES string of the molecule is CCOCC(C)NC1CCN(C(N)=O)CC1. The highest BCUT2D eigenvalue weighted by molar-refractivity contribution is 5.72. The Kier molecular flexibility index (Phi) is 5.55. The van der Waals surface area contributed by atoms with Gasteiger partial charge in [-0.05, 0) is 26.7 Å². The minimum absolute atomic E-state index is 0.305. The minimum atomic E-state index is -0.305. The van der Waals surface area contributed by atoms with Crippen LogP contribution in [0, 0.1) is 0 Å². The standard InChI is InChI=1S/C11H23N3O2/c1-3-16-8-9(2)13-10-4-6-14(7-5-10)11(12)15/h9-10,13H,3-8H2,1-2H3,(H2,12,15). The molecule has 1 saturated heterocycles. The molecular weight excluding hydrogens is 206 g/mol. The number of nitrogens with two attached hydrogens (primary N) is 1. The molecule has 1 heterocycles. The first-order chi connectivity index (χ1) is 7.63. The number of hydrogen-bond donors (Lipinski definition) is 2. The molecule has 0 aromatic carbocycles. The lowest BCUT2D eigenvalue weighted by molar-refractivity contribution is 0.117. The van der Waals surface area contributed by atoms with E-state index < -0.39 is 0 Å². The molecule has 16 heavy (non-hydrogen) atoms. The largest absolute Gasteiger partial charge is 0.380 e. The summed E-state index contributed by atoms with van der Waals surface area (Å²) in [5.74, 6) is 0. The topological polar surface area (TPSA) is 67.6 Å². The Balaban J connectivity index is 2.18. The Hall–Kier alpha value is -0.810. The van der Waals surface area contributed by atoms with Gasteiger partial charge >= 0.3 is 6.03 Å². The monoisotopic (exact) mass is 229 g/mol. The number of carbonyl (C=O) groups excluding carboxylic acids is 1. The van der Waals surface area contributed by atoms with Crippen LogP contribution in [-0.4, -0.2) is 49.3 Å². The van der Waals surface area contributed by atoms with Crippen LogP contribution in [0.5, 0.6) is 0 Å². The van der Waals surface area contributed by atoms with Crippen molar-refractivity contribution in [3.05, 3.63) is 0 Å². The molecule has 1 rings (SSSR count). The van der Waals surface area contributed by atoms with Gasteiger partial charge in [0, 0.05) is 31.8 Å². The number of amides is 2. The first-order valence-corrected chi connectivity index (χ1v) is 6.01. The van der Waals surface area contributed by atoms with Crippen LogP contribution in [0.2, 0.25) is 0 Å². The van der Waals surface area contributed by atoms with Crippen LogP contribution in [0.15, 0.2) is 0 Å². The maximum atomic E-state index is 10.9. The van der Waals surface area contributed by atoms with Crippen molar-refractivity contribution in [2.24, 2.45) is 5.73 Å². The van der Waals surface area contributed by atoms with Gasteiger partial charge in [0.15, 0.2) is 0 Å². The summed E-state index contributed by atoms with van der Waals surface area (Å²) in [5.41, 5.74) is 5.23. The van der Waals surface area contributed by atoms with Gasteiger partial charge in [-0.15, -0.1) is 0 Å². The molecule has 0 radical (unpaired) electrons. The summed E-state index contributed by atoms with van der Waals surface area (Å²) in [7, 11) is 0. The number of hydrogen-bond acceptors (Lipinski definition) is 3. The number of urea groups is 1. The average Bonchev–Trinajstić information content (AvgIpc) is 2.27. The van der Waals surface area contributed by atoms with E-state index in [9.17, 15) is 4.79 Å². The molecule has 94 valence electrons. The number of piperidine rings is 1. The molecule has 0 saturated carbocycles. The summed E-state index contributed by atoms with van der Waals surface area (Å²) in [4.78, 5) is 12.6. The van der Waals surface area contributed by atoms with Gasteiger partial charge in [-0.1, -0.05) is 0 Å². The number of primary amides is 1. The number of nitrogens with one attached hydrogen (secondary N) is 1. The quantitative estimate of drug-likeness (QED) is 0.723. The van der Waals surface area contributed by atoms with Crippen LogP contribution in [0.1, 0.15) is 26.7 Å². The molecule has 3 N–H and O–H groups in total. The zero-order chi connectivity index (χ0) is 12.0. The number of carbonyl (C=O) groups is 1. The van der Waals surface area contributed by atoms with E-state index in [0.717, 1.165) is 39.1 Å². The molecule has 5 heteroatoms. The molecule has 1 aliphatic rings. The highest BCUT2D eigenvalue weighted by atomic mass is 16.5. The molecule has 0 bridgehead atoms. The predicted octanol–water partition coefficient (Wildman–Crippen LogP) is 0.544. The zero-order valence-electron chi connectivity index (χ0n) is 10.2. The van der Waals surface area contributed by atoms with Crippen LogP contribution in [0.4, 0.5) is 4.79 Å². The first-order valence-electron chi connectivity index (χ1n) is 6.01. The van der Waals surface area contributed by atoms with Crippen LogP contribution < -0.4 is 11.1 Å². The molecule has 1 aliphatic heterocycles. The van der Waals surface area contributed by atoms with E-state index >= 15 is 0 Å². The minimum Gasteiger partial charge on any atom is -0.380 e. The van der Waals surface area contributed by atoms with Crippen LogP contribution in [0.3, 0.4) is 0 Å². The third kappa shape index (κ3) is 4.37. The van der Waals surface area contributed by atoms with Crippen molar-refractivity contribution in [2.75, 3.05) is 26.3 Å². The van der Waals surface area contributed by atoms with E-state index in [2.05, 4.69) is 12.2 Å². The molecule has 1 fully saturated rings. The number of rotatable bonds is 5. The molecule has 1 unspecified atom stereocenters. The first kappa shape index (κ1) is 13.3. The van der Waals surface area contributed by atoms with E-state index in [4.69, 9.17) is 10.5 Å². The molecular formula is C11H23N3O2. The van der Waals surface area contributed by atoms with E-state index in [1.165, 1.54) is 0 Å². The van der Waals surface area contributed by atoms with Crippen molar-refractivity contribution in [1.82, 2.24) is 10.2 Å². The van der Waals surface area contributed by atoms with Gasteiger partial charge in [-0.3, -0.25) is 0 Å². The summed E-state index contributed by atoms with van der Waals surface area (Å²) in [5, 5.41) is 3.51. The van der Waals surface area contributed by atoms with E-state index in [-0.39, 0.29) is 6.03 Å². The Morgan fingerprint density at radius 1 is 1.56 bits per heavy atom. The van der Waals surface area contributed by atoms with Gasteiger partial charge in [-0.2, -0.15) is 0 Å². The van der Waals surface area contributed by atoms with Crippen molar-refractivity contribution in [1.29, 1.82) is 0 Å². The van der Waals surface area contributed by atoms with E-state index in [1.807, 2.05) is 6.92 Å². The van der Waals surface area contributed by atoms with Crippen molar-refractivity contribution in [3.8, 4) is 0 Å². The lowest BCUT2D eigenvalue weighted by Gasteiger charge is -2.32. The van der Waals surface area contributed by atoms with Crippen molar-refractivity contribution >= 4 is 6.03 Å². The fraction of sp³-hybridized carbons (Fsp3) is 0.909. The van der Waals surface area contributed by atoms with Crippen LogP contribution in [0.25, 0.3) is 0 Å². The summed E-state index contributed by atoms with van der Waals surface area (Å²) >= 11 is 0. The molecule has 0 aromatic rings. The van der Waals surface area contributed by atoms with Crippen molar-refractivity contribution in [3.63, 3.8) is 0 Å². The molecule has 0 spiro atoms. The van der Waals surface area contributed by atoms with E-state index in [0.29, 0.717) is 12.1 Å². The highest BCUT2D eigenvalue weighted by Crippen LogP contribution is 2.10. The van der Waals surface area contributed by atoms with Gasteiger partial charge in [0.2, 0.25) is 0 Å². The summed E-state index contributed by atoms with van der Waals surface area (Å²) in [6.45, 7) is 7.13. The molecule has 0 aromatic heterocycles. The summed E-state index contributed by atoms with van der Waals surface area (Å²) < 4.78 is 5.35. The third-order valence-electron chi connectivity index (χ3n) is 2.90. The zero-order valence-corrected chi connectivity index (χ0v) is 10.2. The van der Waals surface area contributed by atoms with Gasteiger partial charge in [0.25, 0.3) is 0 Å². The molecule has 5 nitrogen and oxygen atoms in total. The lowest BCUT2D eigenvalue weighted by atomic mass is 10.0. The lowest BCUT2D eigenvalue weighted by Crippen LogP contribution is -2.49. The maximum Gasteiger partial charge on any atom is 0.314 e. The third-order valence-corrected chi connectivity index (χ3v) is 2.90. The van der Waals surface area contributed by atoms with Gasteiger partial charge in [-0.25, -0.2) is 4.79 Å². The average molecular weight is 229 g/mol.